The normalized spacial score (nSPS) is 16.8. The smallest absolute Gasteiger partial charge is 0.187 e. The summed E-state index contributed by atoms with van der Waals surface area (Å²) in [6.07, 6.45) is 2.41. The van der Waals surface area contributed by atoms with Gasteiger partial charge in [0.15, 0.2) is 10.3 Å². The van der Waals surface area contributed by atoms with Gasteiger partial charge < -0.3 is 10.2 Å². The van der Waals surface area contributed by atoms with E-state index < -0.39 is 0 Å². The molecule has 1 N–H and O–H groups in total. The van der Waals surface area contributed by atoms with Crippen LogP contribution in [0.25, 0.3) is 0 Å². The number of piperidine rings is 1. The maximum Gasteiger partial charge on any atom is 0.187 e. The maximum absolute atomic E-state index is 8.84. The number of thiazole rings is 1. The van der Waals surface area contributed by atoms with Gasteiger partial charge in [0.25, 0.3) is 0 Å². The lowest BCUT2D eigenvalue weighted by Crippen LogP contribution is -2.34. The molecule has 2 heterocycles. The molecule has 0 unspecified atom stereocenters. The number of rotatable bonds is 3. The summed E-state index contributed by atoms with van der Waals surface area (Å²) in [4.78, 5) is 6.82. The summed E-state index contributed by atoms with van der Waals surface area (Å²) in [5, 5.41) is 13.4. The van der Waals surface area contributed by atoms with Crippen molar-refractivity contribution in [2.75, 3.05) is 31.6 Å². The SMILES string of the molecule is CN(CC1CCNCC1)c1nc(Cl)c(C#N)s1. The molecule has 6 heteroatoms. The van der Waals surface area contributed by atoms with Crippen LogP contribution >= 0.6 is 22.9 Å². The van der Waals surface area contributed by atoms with Crippen LogP contribution in [0.2, 0.25) is 5.15 Å². The highest BCUT2D eigenvalue weighted by molar-refractivity contribution is 7.16. The number of aromatic nitrogens is 1. The molecule has 0 radical (unpaired) electrons. The molecule has 1 aromatic rings. The molecular weight excluding hydrogens is 256 g/mol. The van der Waals surface area contributed by atoms with Crippen LogP contribution in [0, 0.1) is 17.2 Å². The van der Waals surface area contributed by atoms with E-state index in [1.807, 2.05) is 7.05 Å². The van der Waals surface area contributed by atoms with Crippen LogP contribution in [-0.4, -0.2) is 31.7 Å². The average Bonchev–Trinajstić information content (AvgIpc) is 2.72. The van der Waals surface area contributed by atoms with Crippen LogP contribution in [0.1, 0.15) is 17.7 Å². The molecule has 1 aliphatic heterocycles. The molecule has 2 rings (SSSR count). The van der Waals surface area contributed by atoms with Gasteiger partial charge in [-0.05, 0) is 31.8 Å². The van der Waals surface area contributed by atoms with Crippen LogP contribution in [0.15, 0.2) is 0 Å². The maximum atomic E-state index is 8.84. The molecule has 1 aliphatic rings. The van der Waals surface area contributed by atoms with Crippen LogP contribution in [0.3, 0.4) is 0 Å². The third kappa shape index (κ3) is 3.09. The van der Waals surface area contributed by atoms with Gasteiger partial charge in [-0.1, -0.05) is 22.9 Å². The third-order valence-electron chi connectivity index (χ3n) is 2.99. The molecule has 1 aromatic heterocycles. The van der Waals surface area contributed by atoms with Crippen molar-refractivity contribution < 1.29 is 0 Å². The van der Waals surface area contributed by atoms with Gasteiger partial charge in [0.05, 0.1) is 0 Å². The minimum absolute atomic E-state index is 0.324. The van der Waals surface area contributed by atoms with Gasteiger partial charge in [-0.2, -0.15) is 5.26 Å². The van der Waals surface area contributed by atoms with E-state index in [9.17, 15) is 0 Å². The fourth-order valence-electron chi connectivity index (χ4n) is 2.05. The summed E-state index contributed by atoms with van der Waals surface area (Å²) in [6.45, 7) is 3.18. The first kappa shape index (κ1) is 12.6. The van der Waals surface area contributed by atoms with Crippen molar-refractivity contribution in [2.45, 2.75) is 12.8 Å². The van der Waals surface area contributed by atoms with Crippen molar-refractivity contribution in [1.29, 1.82) is 5.26 Å². The van der Waals surface area contributed by atoms with Crippen LogP contribution in [0.4, 0.5) is 5.13 Å². The Kier molecular flexibility index (Phi) is 4.21. The quantitative estimate of drug-likeness (QED) is 0.914. The molecule has 0 amide bonds. The van der Waals surface area contributed by atoms with E-state index in [0.717, 1.165) is 24.8 Å². The largest absolute Gasteiger partial charge is 0.351 e. The predicted octanol–water partition coefficient (Wildman–Crippen LogP) is 2.10. The number of hydrogen-bond acceptors (Lipinski definition) is 5. The molecular formula is C11H15ClN4S. The lowest BCUT2D eigenvalue weighted by atomic mass is 9.98. The molecule has 0 bridgehead atoms. The third-order valence-corrected chi connectivity index (χ3v) is 4.45. The fraction of sp³-hybridized carbons (Fsp3) is 0.636. The van der Waals surface area contributed by atoms with Crippen LogP contribution in [-0.2, 0) is 0 Å². The topological polar surface area (TPSA) is 52.0 Å². The second-order valence-corrected chi connectivity index (χ2v) is 5.64. The Bertz CT molecular complexity index is 420. The van der Waals surface area contributed by atoms with Crippen molar-refractivity contribution in [2.24, 2.45) is 5.92 Å². The number of anilines is 1. The minimum atomic E-state index is 0.324. The van der Waals surface area contributed by atoms with E-state index in [-0.39, 0.29) is 0 Å². The molecule has 0 spiro atoms. The number of nitriles is 1. The van der Waals surface area contributed by atoms with Crippen LogP contribution < -0.4 is 10.2 Å². The van der Waals surface area contributed by atoms with Crippen molar-refractivity contribution in [3.8, 4) is 6.07 Å². The fourth-order valence-corrected chi connectivity index (χ4v) is 3.07. The Morgan fingerprint density at radius 2 is 2.29 bits per heavy atom. The van der Waals surface area contributed by atoms with E-state index >= 15 is 0 Å². The van der Waals surface area contributed by atoms with E-state index in [0.29, 0.717) is 15.9 Å². The van der Waals surface area contributed by atoms with E-state index in [1.54, 1.807) is 0 Å². The molecule has 0 aliphatic carbocycles. The molecule has 92 valence electrons. The van der Waals surface area contributed by atoms with Gasteiger partial charge in [-0.3, -0.25) is 0 Å². The van der Waals surface area contributed by atoms with Crippen molar-refractivity contribution in [1.82, 2.24) is 10.3 Å². The molecule has 0 saturated carbocycles. The van der Waals surface area contributed by atoms with Gasteiger partial charge in [0, 0.05) is 13.6 Å². The molecule has 1 saturated heterocycles. The lowest BCUT2D eigenvalue weighted by Gasteiger charge is -2.27. The molecule has 17 heavy (non-hydrogen) atoms. The van der Waals surface area contributed by atoms with Crippen molar-refractivity contribution in [3.05, 3.63) is 10.0 Å². The van der Waals surface area contributed by atoms with Gasteiger partial charge in [0.1, 0.15) is 10.9 Å². The summed E-state index contributed by atoms with van der Waals surface area (Å²) < 4.78 is 0. The van der Waals surface area contributed by atoms with Gasteiger partial charge >= 0.3 is 0 Å². The Morgan fingerprint density at radius 1 is 1.59 bits per heavy atom. The highest BCUT2D eigenvalue weighted by atomic mass is 35.5. The highest BCUT2D eigenvalue weighted by Crippen LogP contribution is 2.29. The Hall–Kier alpha value is -0.830. The molecule has 0 atom stereocenters. The second-order valence-electron chi connectivity index (χ2n) is 4.30. The first-order valence-corrected chi connectivity index (χ1v) is 6.88. The minimum Gasteiger partial charge on any atom is -0.351 e. The van der Waals surface area contributed by atoms with Crippen LogP contribution in [0.5, 0.6) is 0 Å². The molecule has 4 nitrogen and oxygen atoms in total. The van der Waals surface area contributed by atoms with E-state index in [4.69, 9.17) is 16.9 Å². The summed E-state index contributed by atoms with van der Waals surface area (Å²) in [6, 6.07) is 2.06. The zero-order chi connectivity index (χ0) is 12.3. The summed E-state index contributed by atoms with van der Waals surface area (Å²) in [5.74, 6) is 0.703. The lowest BCUT2D eigenvalue weighted by molar-refractivity contribution is 0.378. The second kappa shape index (κ2) is 5.67. The monoisotopic (exact) mass is 270 g/mol. The van der Waals surface area contributed by atoms with Crippen molar-refractivity contribution >= 4 is 28.1 Å². The summed E-state index contributed by atoms with van der Waals surface area (Å²) in [5.41, 5.74) is 0. The first-order chi connectivity index (χ1) is 8.20. The van der Waals surface area contributed by atoms with Crippen molar-refractivity contribution in [3.63, 3.8) is 0 Å². The molecule has 0 aromatic carbocycles. The molecule has 1 fully saturated rings. The predicted molar refractivity (Wildman–Crippen MR) is 70.7 cm³/mol. The zero-order valence-corrected chi connectivity index (χ0v) is 11.3. The number of halogens is 1. The summed E-state index contributed by atoms with van der Waals surface area (Å²) in [7, 11) is 2.01. The van der Waals surface area contributed by atoms with Gasteiger partial charge in [0.2, 0.25) is 0 Å². The van der Waals surface area contributed by atoms with Gasteiger partial charge in [-0.25, -0.2) is 4.98 Å². The first-order valence-electron chi connectivity index (χ1n) is 5.69. The van der Waals surface area contributed by atoms with E-state index in [1.165, 1.54) is 24.2 Å². The Balaban J connectivity index is 1.98. The van der Waals surface area contributed by atoms with E-state index in [2.05, 4.69) is 21.3 Å². The standard InChI is InChI=1S/C11H15ClN4S/c1-16(7-8-2-4-14-5-3-8)11-15-10(12)9(6-13)17-11/h8,14H,2-5,7H2,1H3. The Labute approximate surface area is 110 Å². The number of nitrogens with one attached hydrogen (secondary N) is 1. The summed E-state index contributed by atoms with van der Waals surface area (Å²) >= 11 is 7.23. The number of nitrogens with zero attached hydrogens (tertiary/aromatic N) is 3. The number of hydrogen-bond donors (Lipinski definition) is 1. The van der Waals surface area contributed by atoms with Gasteiger partial charge in [-0.15, -0.1) is 0 Å². The average molecular weight is 271 g/mol. The highest BCUT2D eigenvalue weighted by Gasteiger charge is 2.18. The zero-order valence-electron chi connectivity index (χ0n) is 9.74. The Morgan fingerprint density at radius 3 is 2.88 bits per heavy atom.